The molecule has 0 aliphatic heterocycles. The molecular weight excluding hydrogens is 335 g/mol. The second-order valence-corrected chi connectivity index (χ2v) is 7.35. The number of rotatable bonds is 4. The topological polar surface area (TPSA) is 3.88 Å². The quantitative estimate of drug-likeness (QED) is 0.248. The Kier molecular flexibility index (Phi) is 4.95. The Labute approximate surface area is 122 Å². The van der Waals surface area contributed by atoms with E-state index in [0.29, 0.717) is 0 Å². The normalized spacial score (nSPS) is 15.0. The number of thiazole rings is 1. The molecule has 9 heteroatoms. The van der Waals surface area contributed by atoms with Gasteiger partial charge in [-0.3, -0.25) is 0 Å². The van der Waals surface area contributed by atoms with Gasteiger partial charge in [0, 0.05) is 12.5 Å². The van der Waals surface area contributed by atoms with E-state index in [4.69, 9.17) is 0 Å². The third kappa shape index (κ3) is 9.63. The predicted octanol–water partition coefficient (Wildman–Crippen LogP) is 6.76. The van der Waals surface area contributed by atoms with Crippen molar-refractivity contribution in [1.82, 2.24) is 0 Å². The zero-order chi connectivity index (χ0) is 16.2. The third-order valence-corrected chi connectivity index (χ3v) is 3.44. The summed E-state index contributed by atoms with van der Waals surface area (Å²) in [4.78, 5) is 0. The maximum atomic E-state index is 9.87. The molecule has 0 bridgehead atoms. The number of hydrogen-bond donors (Lipinski definition) is 0. The van der Waals surface area contributed by atoms with E-state index in [2.05, 4.69) is 41.3 Å². The van der Waals surface area contributed by atoms with Crippen LogP contribution in [-0.4, -0.2) is 0 Å². The van der Waals surface area contributed by atoms with Crippen LogP contribution < -0.4 is 4.57 Å². The second kappa shape index (κ2) is 5.72. The zero-order valence-corrected chi connectivity index (χ0v) is 13.0. The molecule has 0 amide bonds. The van der Waals surface area contributed by atoms with Crippen molar-refractivity contribution >= 4 is 29.4 Å². The van der Waals surface area contributed by atoms with E-state index in [-0.39, 0.29) is 0 Å². The predicted molar refractivity (Wildman–Crippen MR) is 75.1 cm³/mol. The Morgan fingerprint density at radius 2 is 1.57 bits per heavy atom. The van der Waals surface area contributed by atoms with Gasteiger partial charge in [-0.15, -0.1) is 0 Å². The first-order valence-corrected chi connectivity index (χ1v) is 9.19. The van der Waals surface area contributed by atoms with Gasteiger partial charge < -0.3 is 0 Å². The fourth-order valence-corrected chi connectivity index (χ4v) is 2.60. The Morgan fingerprint density at radius 1 is 1.00 bits per heavy atom. The molecule has 0 radical (unpaired) electrons. The third-order valence-electron chi connectivity index (χ3n) is 2.48. The molecule has 0 spiro atoms. The molecule has 0 atom stereocenters. The Bertz CT molecular complexity index is 580. The van der Waals surface area contributed by atoms with Gasteiger partial charge in [0.2, 0.25) is 11.0 Å². The van der Waals surface area contributed by atoms with Crippen molar-refractivity contribution in [2.45, 2.75) is 32.7 Å². The van der Waals surface area contributed by atoms with E-state index in [1.165, 1.54) is 29.5 Å². The summed E-state index contributed by atoms with van der Waals surface area (Å²) in [5.74, 6) is 0. The van der Waals surface area contributed by atoms with E-state index in [1.807, 2.05) is 11.3 Å². The number of hydrogen-bond acceptors (Lipinski definition) is 1. The number of nitrogens with zero attached hydrogens (tertiary/aromatic N) is 1. The summed E-state index contributed by atoms with van der Waals surface area (Å²) < 4.78 is 63.0. The molecule has 0 unspecified atom stereocenters. The van der Waals surface area contributed by atoms with E-state index >= 15 is 0 Å². The number of para-hydroxylation sites is 1. The number of benzene rings is 1. The van der Waals surface area contributed by atoms with Crippen LogP contribution in [0.2, 0.25) is 0 Å². The molecule has 0 fully saturated rings. The average molecular weight is 351 g/mol. The molecule has 2 rings (SSSR count). The summed E-state index contributed by atoms with van der Waals surface area (Å²) in [6.45, 7) is 3.41. The average Bonchev–Trinajstić information content (AvgIpc) is 2.69. The first kappa shape index (κ1) is 18.2. The van der Waals surface area contributed by atoms with Crippen molar-refractivity contribution in [3.8, 4) is 0 Å². The van der Waals surface area contributed by atoms with Crippen LogP contribution in [0.1, 0.15) is 26.2 Å². The van der Waals surface area contributed by atoms with Crippen molar-refractivity contribution in [3.63, 3.8) is 0 Å². The van der Waals surface area contributed by atoms with Crippen molar-refractivity contribution in [2.24, 2.45) is 0 Å². The van der Waals surface area contributed by atoms with Crippen LogP contribution in [0.4, 0.5) is 25.2 Å². The first-order chi connectivity index (χ1) is 9.36. The van der Waals surface area contributed by atoms with Gasteiger partial charge in [-0.25, -0.2) is 0 Å². The molecule has 1 nitrogen and oxygen atoms in total. The minimum atomic E-state index is -10.7. The minimum absolute atomic E-state index is 1.16. The number of fused-ring (bicyclic) bond motifs is 1. The molecule has 1 aromatic heterocycles. The Balaban J connectivity index is 0.000000270. The molecule has 1 aromatic carbocycles. The van der Waals surface area contributed by atoms with Crippen LogP contribution in [0.5, 0.6) is 0 Å². The van der Waals surface area contributed by atoms with Gasteiger partial charge in [0.05, 0.1) is 0 Å². The molecule has 0 saturated carbocycles. The van der Waals surface area contributed by atoms with Crippen LogP contribution in [0.25, 0.3) is 10.2 Å². The van der Waals surface area contributed by atoms with Gasteiger partial charge in [0.25, 0.3) is 0 Å². The van der Waals surface area contributed by atoms with Crippen LogP contribution >= 0.6 is 19.1 Å². The van der Waals surface area contributed by atoms with Crippen molar-refractivity contribution in [2.75, 3.05) is 0 Å². The molecule has 0 N–H and O–H groups in total. The van der Waals surface area contributed by atoms with E-state index in [9.17, 15) is 25.2 Å². The molecule has 1 heterocycles. The summed E-state index contributed by atoms with van der Waals surface area (Å²) >= 11 is 1.83. The van der Waals surface area contributed by atoms with Crippen molar-refractivity contribution in [3.05, 3.63) is 29.8 Å². The number of halogens is 6. The van der Waals surface area contributed by atoms with Crippen LogP contribution in [0.15, 0.2) is 29.8 Å². The fraction of sp³-hybridized carbons (Fsp3) is 0.417. The zero-order valence-electron chi connectivity index (χ0n) is 11.3. The Morgan fingerprint density at radius 3 is 2.14 bits per heavy atom. The number of aryl methyl sites for hydroxylation is 1. The van der Waals surface area contributed by atoms with Crippen LogP contribution in [0, 0.1) is 0 Å². The van der Waals surface area contributed by atoms with E-state index in [0.717, 1.165) is 6.54 Å². The fourth-order valence-electron chi connectivity index (χ4n) is 1.68. The maximum absolute atomic E-state index is 10.7. The number of unbranched alkanes of at least 4 members (excludes halogenated alkanes) is 2. The van der Waals surface area contributed by atoms with Crippen LogP contribution in [-0.2, 0) is 6.54 Å². The Hall–Kier alpha value is -0.880. The number of aromatic nitrogens is 1. The SMILES string of the molecule is CCCCC[n+]1csc2ccccc21.F[P-](F)(F)(F)(F)F. The van der Waals surface area contributed by atoms with Crippen molar-refractivity contribution < 1.29 is 29.7 Å². The monoisotopic (exact) mass is 351 g/mol. The summed E-state index contributed by atoms with van der Waals surface area (Å²) in [7, 11) is -10.7. The van der Waals surface area contributed by atoms with Crippen LogP contribution in [0.3, 0.4) is 0 Å². The summed E-state index contributed by atoms with van der Waals surface area (Å²) in [6, 6.07) is 8.62. The molecule has 21 heavy (non-hydrogen) atoms. The van der Waals surface area contributed by atoms with Gasteiger partial charge in [0.15, 0.2) is 0 Å². The van der Waals surface area contributed by atoms with Gasteiger partial charge in [-0.2, -0.15) is 4.57 Å². The molecule has 122 valence electrons. The summed E-state index contributed by atoms with van der Waals surface area (Å²) in [6.07, 6.45) is 3.92. The van der Waals surface area contributed by atoms with Gasteiger partial charge in [-0.1, -0.05) is 36.8 Å². The summed E-state index contributed by atoms with van der Waals surface area (Å²) in [5.41, 5.74) is 3.62. The van der Waals surface area contributed by atoms with E-state index in [1.54, 1.807) is 0 Å². The molecular formula is C12H16F6NPS. The standard InChI is InChI=1S/C12H16NS.F6P/c1-2-3-6-9-13-10-14-12-8-5-4-7-11(12)13;1-7(2,3,4,5)6/h4-5,7-8,10H,2-3,6,9H2,1H3;/q+1;-1. The molecule has 0 saturated heterocycles. The first-order valence-electron chi connectivity index (χ1n) is 6.29. The molecule has 0 aliphatic carbocycles. The summed E-state index contributed by atoms with van der Waals surface area (Å²) in [5, 5.41) is 0. The molecule has 0 aliphatic rings. The van der Waals surface area contributed by atoms with Crippen molar-refractivity contribution in [1.29, 1.82) is 0 Å². The van der Waals surface area contributed by atoms with Gasteiger partial charge >= 0.3 is 33.0 Å². The second-order valence-electron chi connectivity index (χ2n) is 4.55. The van der Waals surface area contributed by atoms with Gasteiger partial charge in [-0.05, 0) is 12.5 Å². The van der Waals surface area contributed by atoms with E-state index < -0.39 is 7.81 Å². The molecule has 2 aromatic rings. The van der Waals surface area contributed by atoms with Gasteiger partial charge in [0.1, 0.15) is 11.2 Å².